The van der Waals surface area contributed by atoms with Crippen LogP contribution in [0.4, 0.5) is 4.39 Å². The van der Waals surface area contributed by atoms with Gasteiger partial charge in [-0.25, -0.2) is 4.39 Å². The van der Waals surface area contributed by atoms with Gasteiger partial charge in [-0.2, -0.15) is 0 Å². The third-order valence-corrected chi connectivity index (χ3v) is 3.93. The van der Waals surface area contributed by atoms with Crippen molar-refractivity contribution in [2.24, 2.45) is 11.7 Å². The fourth-order valence-corrected chi connectivity index (χ4v) is 2.81. The molecule has 0 aliphatic carbocycles. The van der Waals surface area contributed by atoms with E-state index in [4.69, 9.17) is 10.5 Å². The van der Waals surface area contributed by atoms with Crippen LogP contribution in [0.5, 0.6) is 5.75 Å². The third-order valence-electron chi connectivity index (χ3n) is 3.93. The first kappa shape index (κ1) is 14.3. The van der Waals surface area contributed by atoms with E-state index in [1.54, 1.807) is 12.1 Å². The van der Waals surface area contributed by atoms with E-state index in [-0.39, 0.29) is 5.82 Å². The molecule has 2 N–H and O–H groups in total. The summed E-state index contributed by atoms with van der Waals surface area (Å²) in [6.45, 7) is 5.57. The monoisotopic (exact) mass is 266 g/mol. The molecule has 2 rings (SSSR count). The highest BCUT2D eigenvalue weighted by Gasteiger charge is 2.26. The van der Waals surface area contributed by atoms with E-state index in [9.17, 15) is 4.39 Å². The molecule has 19 heavy (non-hydrogen) atoms. The Hall–Kier alpha value is -1.13. The van der Waals surface area contributed by atoms with Gasteiger partial charge in [-0.1, -0.05) is 6.92 Å². The van der Waals surface area contributed by atoms with Crippen molar-refractivity contribution in [3.63, 3.8) is 0 Å². The molecule has 1 heterocycles. The van der Waals surface area contributed by atoms with Crippen molar-refractivity contribution in [3.05, 3.63) is 30.1 Å². The lowest BCUT2D eigenvalue weighted by Gasteiger charge is -2.39. The Balaban J connectivity index is 1.79. The van der Waals surface area contributed by atoms with Crippen LogP contribution >= 0.6 is 0 Å². The van der Waals surface area contributed by atoms with Crippen molar-refractivity contribution >= 4 is 0 Å². The number of likely N-dealkylation sites (tertiary alicyclic amines) is 1. The fraction of sp³-hybridized carbons (Fsp3) is 0.600. The first-order chi connectivity index (χ1) is 9.20. The average molecular weight is 266 g/mol. The molecule has 1 aliphatic heterocycles. The molecular weight excluding hydrogens is 243 g/mol. The lowest BCUT2D eigenvalue weighted by Crippen LogP contribution is -2.49. The molecular formula is C15H23FN2O. The van der Waals surface area contributed by atoms with E-state index < -0.39 is 0 Å². The van der Waals surface area contributed by atoms with Crippen LogP contribution < -0.4 is 10.5 Å². The molecule has 0 radical (unpaired) electrons. The normalized spacial score (nSPS) is 24.4. The van der Waals surface area contributed by atoms with E-state index in [0.29, 0.717) is 25.1 Å². The summed E-state index contributed by atoms with van der Waals surface area (Å²) in [6, 6.07) is 6.62. The molecule has 2 atom stereocenters. The van der Waals surface area contributed by atoms with Crippen LogP contribution in [0.25, 0.3) is 0 Å². The summed E-state index contributed by atoms with van der Waals surface area (Å²) in [6.07, 6.45) is 2.49. The van der Waals surface area contributed by atoms with E-state index in [1.165, 1.54) is 25.0 Å². The Bertz CT molecular complexity index is 382. The first-order valence-electron chi connectivity index (χ1n) is 7.03. The molecule has 1 saturated heterocycles. The van der Waals surface area contributed by atoms with E-state index in [1.807, 2.05) is 0 Å². The number of nitrogens with zero attached hydrogens (tertiary/aromatic N) is 1. The fourth-order valence-electron chi connectivity index (χ4n) is 2.81. The zero-order valence-electron chi connectivity index (χ0n) is 11.5. The molecule has 0 aromatic heterocycles. The molecule has 0 spiro atoms. The Morgan fingerprint density at radius 1 is 1.37 bits per heavy atom. The third kappa shape index (κ3) is 3.91. The lowest BCUT2D eigenvalue weighted by atomic mass is 9.91. The average Bonchev–Trinajstić information content (AvgIpc) is 2.41. The van der Waals surface area contributed by atoms with Crippen LogP contribution in [0, 0.1) is 11.7 Å². The number of piperidine rings is 1. The maximum atomic E-state index is 12.8. The van der Waals surface area contributed by atoms with Gasteiger partial charge in [0.15, 0.2) is 0 Å². The number of benzene rings is 1. The molecule has 0 amide bonds. The summed E-state index contributed by atoms with van der Waals surface area (Å²) in [5.74, 6) is 1.14. The van der Waals surface area contributed by atoms with Gasteiger partial charge in [-0.15, -0.1) is 0 Å². The largest absolute Gasteiger partial charge is 0.492 e. The van der Waals surface area contributed by atoms with Crippen molar-refractivity contribution in [1.29, 1.82) is 0 Å². The summed E-state index contributed by atoms with van der Waals surface area (Å²) in [7, 11) is 0. The minimum absolute atomic E-state index is 0.236. The van der Waals surface area contributed by atoms with Crippen LogP contribution in [-0.2, 0) is 0 Å². The minimum Gasteiger partial charge on any atom is -0.492 e. The highest BCUT2D eigenvalue weighted by molar-refractivity contribution is 5.21. The van der Waals surface area contributed by atoms with Gasteiger partial charge in [-0.3, -0.25) is 4.90 Å². The Morgan fingerprint density at radius 2 is 2.11 bits per heavy atom. The minimum atomic E-state index is -0.236. The zero-order valence-corrected chi connectivity index (χ0v) is 11.5. The maximum absolute atomic E-state index is 12.8. The van der Waals surface area contributed by atoms with Crippen LogP contribution in [-0.4, -0.2) is 37.2 Å². The van der Waals surface area contributed by atoms with Gasteiger partial charge >= 0.3 is 0 Å². The predicted molar refractivity (Wildman–Crippen MR) is 74.7 cm³/mol. The summed E-state index contributed by atoms with van der Waals surface area (Å²) < 4.78 is 18.4. The smallest absolute Gasteiger partial charge is 0.123 e. The molecule has 2 unspecified atom stereocenters. The SMILES string of the molecule is CC1CCCN(CCOc2ccc(F)cc2)C1CN. The molecule has 1 aromatic rings. The van der Waals surface area contributed by atoms with Gasteiger partial charge in [0.2, 0.25) is 0 Å². The van der Waals surface area contributed by atoms with Gasteiger partial charge in [0, 0.05) is 19.1 Å². The lowest BCUT2D eigenvalue weighted by molar-refractivity contribution is 0.0895. The van der Waals surface area contributed by atoms with Crippen LogP contribution in [0.15, 0.2) is 24.3 Å². The van der Waals surface area contributed by atoms with Crippen LogP contribution in [0.3, 0.4) is 0 Å². The quantitative estimate of drug-likeness (QED) is 0.888. The number of rotatable bonds is 5. The van der Waals surface area contributed by atoms with Crippen molar-refractivity contribution in [2.75, 3.05) is 26.2 Å². The van der Waals surface area contributed by atoms with Crippen molar-refractivity contribution < 1.29 is 9.13 Å². The van der Waals surface area contributed by atoms with Crippen LogP contribution in [0.1, 0.15) is 19.8 Å². The summed E-state index contributed by atoms with van der Waals surface area (Å²) in [5, 5.41) is 0. The Kier molecular flexibility index (Phi) is 5.16. The van der Waals surface area contributed by atoms with E-state index in [2.05, 4.69) is 11.8 Å². The topological polar surface area (TPSA) is 38.5 Å². The second-order valence-corrected chi connectivity index (χ2v) is 5.26. The molecule has 1 aromatic carbocycles. The second-order valence-electron chi connectivity index (χ2n) is 5.26. The highest BCUT2D eigenvalue weighted by Crippen LogP contribution is 2.22. The molecule has 0 saturated carbocycles. The maximum Gasteiger partial charge on any atom is 0.123 e. The van der Waals surface area contributed by atoms with Gasteiger partial charge in [0.05, 0.1) is 0 Å². The molecule has 1 aliphatic rings. The summed E-state index contributed by atoms with van der Waals surface area (Å²) in [4.78, 5) is 2.41. The van der Waals surface area contributed by atoms with Crippen molar-refractivity contribution in [1.82, 2.24) is 4.90 Å². The molecule has 1 fully saturated rings. The Labute approximate surface area is 114 Å². The number of hydrogen-bond donors (Lipinski definition) is 1. The van der Waals surface area contributed by atoms with Crippen molar-refractivity contribution in [3.8, 4) is 5.75 Å². The van der Waals surface area contributed by atoms with Gasteiger partial charge in [0.25, 0.3) is 0 Å². The van der Waals surface area contributed by atoms with E-state index >= 15 is 0 Å². The Morgan fingerprint density at radius 3 is 2.79 bits per heavy atom. The number of halogens is 1. The number of ether oxygens (including phenoxy) is 1. The second kappa shape index (κ2) is 6.87. The van der Waals surface area contributed by atoms with Crippen molar-refractivity contribution in [2.45, 2.75) is 25.8 Å². The predicted octanol–water partition coefficient (Wildman–Crippen LogP) is 2.26. The van der Waals surface area contributed by atoms with Gasteiger partial charge < -0.3 is 10.5 Å². The standard InChI is InChI=1S/C15H23FN2O/c1-12-3-2-8-18(15(12)11-17)9-10-19-14-6-4-13(16)5-7-14/h4-7,12,15H,2-3,8-11,17H2,1H3. The number of hydrogen-bond acceptors (Lipinski definition) is 3. The molecule has 3 nitrogen and oxygen atoms in total. The van der Waals surface area contributed by atoms with Gasteiger partial charge in [-0.05, 0) is 49.6 Å². The molecule has 4 heteroatoms. The van der Waals surface area contributed by atoms with E-state index in [0.717, 1.165) is 18.8 Å². The summed E-state index contributed by atoms with van der Waals surface area (Å²) >= 11 is 0. The number of nitrogens with two attached hydrogens (primary N) is 1. The zero-order chi connectivity index (χ0) is 13.7. The summed E-state index contributed by atoms with van der Waals surface area (Å²) in [5.41, 5.74) is 5.86. The molecule has 106 valence electrons. The van der Waals surface area contributed by atoms with Gasteiger partial charge in [0.1, 0.15) is 18.2 Å². The van der Waals surface area contributed by atoms with Crippen LogP contribution in [0.2, 0.25) is 0 Å². The first-order valence-corrected chi connectivity index (χ1v) is 7.03. The highest BCUT2D eigenvalue weighted by atomic mass is 19.1. The molecule has 0 bridgehead atoms.